The van der Waals surface area contributed by atoms with Gasteiger partial charge in [0.15, 0.2) is 0 Å². The van der Waals surface area contributed by atoms with E-state index in [1.54, 1.807) is 0 Å². The molecule has 14 heavy (non-hydrogen) atoms. The number of nitrogens with one attached hydrogen (secondary N) is 1. The summed E-state index contributed by atoms with van der Waals surface area (Å²) in [5, 5.41) is 12.4. The van der Waals surface area contributed by atoms with Crippen LogP contribution in [0.3, 0.4) is 0 Å². The quantitative estimate of drug-likeness (QED) is 0.699. The van der Waals surface area contributed by atoms with Crippen LogP contribution in [0.15, 0.2) is 0 Å². The molecule has 0 aromatic carbocycles. The first-order valence-corrected chi connectivity index (χ1v) is 5.40. The van der Waals surface area contributed by atoms with Crippen LogP contribution in [-0.2, 0) is 0 Å². The molecule has 2 fully saturated rings. The molecule has 1 heterocycles. The maximum absolute atomic E-state index is 10.7. The summed E-state index contributed by atoms with van der Waals surface area (Å²) in [6.07, 6.45) is 2.78. The van der Waals surface area contributed by atoms with E-state index in [1.165, 1.54) is 17.7 Å². The number of amides is 1. The molecule has 0 aromatic heterocycles. The van der Waals surface area contributed by atoms with Crippen LogP contribution in [0.5, 0.6) is 0 Å². The van der Waals surface area contributed by atoms with Crippen molar-refractivity contribution >= 4 is 6.09 Å². The molecule has 0 radical (unpaired) electrons. The Hall–Kier alpha value is -0.770. The van der Waals surface area contributed by atoms with Gasteiger partial charge < -0.3 is 15.3 Å². The van der Waals surface area contributed by atoms with E-state index >= 15 is 0 Å². The molecule has 4 heteroatoms. The maximum Gasteiger partial charge on any atom is 0.407 e. The average Bonchev–Trinajstić information content (AvgIpc) is 2.92. The first-order chi connectivity index (χ1) is 6.66. The molecule has 1 aliphatic heterocycles. The van der Waals surface area contributed by atoms with E-state index in [2.05, 4.69) is 12.2 Å². The summed E-state index contributed by atoms with van der Waals surface area (Å²) in [7, 11) is 0. The third-order valence-corrected chi connectivity index (χ3v) is 3.20. The van der Waals surface area contributed by atoms with Crippen LogP contribution in [0, 0.1) is 5.92 Å². The largest absolute Gasteiger partial charge is 0.465 e. The minimum absolute atomic E-state index is 0.445. The Morgan fingerprint density at radius 2 is 2.14 bits per heavy atom. The highest BCUT2D eigenvalue weighted by atomic mass is 16.4. The molecule has 1 saturated heterocycles. The van der Waals surface area contributed by atoms with Crippen LogP contribution in [0.4, 0.5) is 4.79 Å². The highest BCUT2D eigenvalue weighted by molar-refractivity contribution is 5.65. The van der Waals surface area contributed by atoms with Gasteiger partial charge in [0.2, 0.25) is 0 Å². The Morgan fingerprint density at radius 3 is 2.64 bits per heavy atom. The molecule has 1 amide bonds. The van der Waals surface area contributed by atoms with Gasteiger partial charge in [0.1, 0.15) is 0 Å². The van der Waals surface area contributed by atoms with Gasteiger partial charge >= 0.3 is 6.09 Å². The Bertz CT molecular complexity index is 228. The van der Waals surface area contributed by atoms with Crippen molar-refractivity contribution in [3.05, 3.63) is 0 Å². The van der Waals surface area contributed by atoms with Gasteiger partial charge in [0, 0.05) is 25.2 Å². The second-order valence-corrected chi connectivity index (χ2v) is 4.54. The minimum atomic E-state index is -0.776. The molecular weight excluding hydrogens is 180 g/mol. The zero-order valence-electron chi connectivity index (χ0n) is 8.57. The van der Waals surface area contributed by atoms with Gasteiger partial charge in [-0.3, -0.25) is 0 Å². The maximum atomic E-state index is 10.7. The summed E-state index contributed by atoms with van der Waals surface area (Å²) in [4.78, 5) is 12.3. The molecule has 1 aliphatic carbocycles. The molecule has 4 nitrogen and oxygen atoms in total. The molecule has 2 rings (SSSR count). The van der Waals surface area contributed by atoms with Gasteiger partial charge in [0.25, 0.3) is 0 Å². The topological polar surface area (TPSA) is 52.6 Å². The molecule has 0 bridgehead atoms. The van der Waals surface area contributed by atoms with Crippen LogP contribution >= 0.6 is 0 Å². The smallest absolute Gasteiger partial charge is 0.407 e. The van der Waals surface area contributed by atoms with Crippen molar-refractivity contribution < 1.29 is 9.90 Å². The Balaban J connectivity index is 1.82. The molecule has 1 saturated carbocycles. The number of carbonyl (C=O) groups is 1. The van der Waals surface area contributed by atoms with E-state index in [4.69, 9.17) is 5.11 Å². The molecule has 2 unspecified atom stereocenters. The number of nitrogens with zero attached hydrogens (tertiary/aromatic N) is 1. The van der Waals surface area contributed by atoms with E-state index in [0.717, 1.165) is 12.5 Å². The predicted octanol–water partition coefficient (Wildman–Crippen LogP) is 1.13. The zero-order valence-corrected chi connectivity index (χ0v) is 8.57. The summed E-state index contributed by atoms with van der Waals surface area (Å²) >= 11 is 0. The lowest BCUT2D eigenvalue weighted by atomic mass is 9.94. The molecule has 0 spiro atoms. The van der Waals surface area contributed by atoms with Crippen molar-refractivity contribution in [1.29, 1.82) is 0 Å². The van der Waals surface area contributed by atoms with Gasteiger partial charge in [0.05, 0.1) is 0 Å². The van der Waals surface area contributed by atoms with Crippen LogP contribution in [0.2, 0.25) is 0 Å². The number of carboxylic acid groups (broad SMARTS) is 1. The van der Waals surface area contributed by atoms with Crippen molar-refractivity contribution in [2.45, 2.75) is 38.3 Å². The highest BCUT2D eigenvalue weighted by Gasteiger charge is 2.32. The number of rotatable bonds is 2. The van der Waals surface area contributed by atoms with Crippen molar-refractivity contribution in [2.75, 3.05) is 13.1 Å². The van der Waals surface area contributed by atoms with Crippen molar-refractivity contribution in [3.8, 4) is 0 Å². The number of hydrogen-bond donors (Lipinski definition) is 2. The summed E-state index contributed by atoms with van der Waals surface area (Å²) < 4.78 is 0. The fourth-order valence-electron chi connectivity index (χ4n) is 2.12. The summed E-state index contributed by atoms with van der Waals surface area (Å²) in [5.41, 5.74) is 0. The molecule has 0 aromatic rings. The minimum Gasteiger partial charge on any atom is -0.465 e. The van der Waals surface area contributed by atoms with Gasteiger partial charge in [-0.1, -0.05) is 6.92 Å². The third kappa shape index (κ3) is 2.18. The Morgan fingerprint density at radius 1 is 1.43 bits per heavy atom. The fraction of sp³-hybridized carbons (Fsp3) is 0.900. The number of likely N-dealkylation sites (tertiary alicyclic amines) is 1. The van der Waals surface area contributed by atoms with Crippen LogP contribution in [0.25, 0.3) is 0 Å². The Labute approximate surface area is 84.3 Å². The van der Waals surface area contributed by atoms with Crippen LogP contribution in [0.1, 0.15) is 26.2 Å². The van der Waals surface area contributed by atoms with Crippen molar-refractivity contribution in [3.63, 3.8) is 0 Å². The second kappa shape index (κ2) is 3.77. The van der Waals surface area contributed by atoms with Gasteiger partial charge in [-0.15, -0.1) is 0 Å². The van der Waals surface area contributed by atoms with Gasteiger partial charge in [-0.25, -0.2) is 4.79 Å². The van der Waals surface area contributed by atoms with E-state index in [9.17, 15) is 4.79 Å². The molecule has 2 atom stereocenters. The van der Waals surface area contributed by atoms with Gasteiger partial charge in [-0.2, -0.15) is 0 Å². The van der Waals surface area contributed by atoms with Crippen LogP contribution < -0.4 is 5.32 Å². The van der Waals surface area contributed by atoms with E-state index in [0.29, 0.717) is 25.0 Å². The number of piperidine rings is 1. The predicted molar refractivity (Wildman–Crippen MR) is 53.3 cm³/mol. The summed E-state index contributed by atoms with van der Waals surface area (Å²) in [5.74, 6) is 0.445. The molecule has 2 aliphatic rings. The Kier molecular flexibility index (Phi) is 2.63. The normalized spacial score (nSPS) is 33.1. The zero-order chi connectivity index (χ0) is 10.1. The van der Waals surface area contributed by atoms with Gasteiger partial charge in [-0.05, 0) is 25.2 Å². The van der Waals surface area contributed by atoms with E-state index in [1.807, 2.05) is 0 Å². The standard InChI is InChI=1S/C10H18N2O2/c1-7-6-12(10(13)14)5-4-9(7)11-8-2-3-8/h7-9,11H,2-6H2,1H3,(H,13,14). The summed E-state index contributed by atoms with van der Waals surface area (Å²) in [6, 6.07) is 1.25. The molecule has 80 valence electrons. The first-order valence-electron chi connectivity index (χ1n) is 5.40. The highest BCUT2D eigenvalue weighted by Crippen LogP contribution is 2.24. The average molecular weight is 198 g/mol. The molecule has 2 N–H and O–H groups in total. The van der Waals surface area contributed by atoms with Crippen LogP contribution in [-0.4, -0.2) is 41.3 Å². The van der Waals surface area contributed by atoms with E-state index in [-0.39, 0.29) is 0 Å². The lowest BCUT2D eigenvalue weighted by Crippen LogP contribution is -2.50. The SMILES string of the molecule is CC1CN(C(=O)O)CCC1NC1CC1. The fourth-order valence-corrected chi connectivity index (χ4v) is 2.12. The monoisotopic (exact) mass is 198 g/mol. The lowest BCUT2D eigenvalue weighted by Gasteiger charge is -2.36. The first kappa shape index (κ1) is 9.77. The second-order valence-electron chi connectivity index (χ2n) is 4.54. The van der Waals surface area contributed by atoms with E-state index < -0.39 is 6.09 Å². The summed E-state index contributed by atoms with van der Waals surface area (Å²) in [6.45, 7) is 3.50. The lowest BCUT2D eigenvalue weighted by molar-refractivity contribution is 0.110. The van der Waals surface area contributed by atoms with Crippen molar-refractivity contribution in [2.24, 2.45) is 5.92 Å². The molecular formula is C10H18N2O2. The number of hydrogen-bond acceptors (Lipinski definition) is 2. The van der Waals surface area contributed by atoms with Crippen molar-refractivity contribution in [1.82, 2.24) is 10.2 Å². The third-order valence-electron chi connectivity index (χ3n) is 3.20.